The predicted octanol–water partition coefficient (Wildman–Crippen LogP) is -1.01. The van der Waals surface area contributed by atoms with Gasteiger partial charge in [0, 0.05) is 13.2 Å². The fraction of sp³-hybridized carbons (Fsp3) is 0.222. The molecule has 0 aliphatic rings. The molecular weight excluding hydrogens is 224 g/mol. The fourth-order valence-electron chi connectivity index (χ4n) is 1.37. The average molecular weight is 236 g/mol. The second kappa shape index (κ2) is 4.16. The minimum absolute atomic E-state index is 0.0956. The van der Waals surface area contributed by atoms with Crippen LogP contribution in [0.1, 0.15) is 5.69 Å². The lowest BCUT2D eigenvalue weighted by Crippen LogP contribution is -2.32. The number of nitrogens with zero attached hydrogens (tertiary/aromatic N) is 2. The van der Waals surface area contributed by atoms with Gasteiger partial charge in [0.2, 0.25) is 0 Å². The largest absolute Gasteiger partial charge is 0.383 e. The summed E-state index contributed by atoms with van der Waals surface area (Å²) < 4.78 is 1.16. The molecule has 0 spiro atoms. The number of H-pyrrole nitrogens is 2. The highest BCUT2D eigenvalue weighted by atomic mass is 16.2. The second-order valence-electron chi connectivity index (χ2n) is 3.51. The number of nitrogen functional groups attached to an aromatic ring is 1. The summed E-state index contributed by atoms with van der Waals surface area (Å²) in [6, 6.07) is 1.76. The molecule has 0 atom stereocenters. The van der Waals surface area contributed by atoms with E-state index in [2.05, 4.69) is 20.5 Å². The molecule has 0 saturated carbocycles. The standard InChI is InChI=1S/C9H12N6O2/c1-15-7(10)6(8(16)13-9(15)17)11-4-5-2-3-12-14-5/h2-3,11H,4,10H2,1H3,(H,12,14)(H,13,16,17). The van der Waals surface area contributed by atoms with Gasteiger partial charge in [0.25, 0.3) is 5.56 Å². The summed E-state index contributed by atoms with van der Waals surface area (Å²) in [6.45, 7) is 0.367. The molecule has 8 nitrogen and oxygen atoms in total. The quantitative estimate of drug-likeness (QED) is 0.544. The Balaban J connectivity index is 2.30. The minimum Gasteiger partial charge on any atom is -0.383 e. The topological polar surface area (TPSA) is 122 Å². The molecule has 90 valence electrons. The maximum Gasteiger partial charge on any atom is 0.329 e. The van der Waals surface area contributed by atoms with Crippen molar-refractivity contribution in [3.8, 4) is 0 Å². The van der Waals surface area contributed by atoms with E-state index in [0.717, 1.165) is 10.3 Å². The molecule has 0 amide bonds. The summed E-state index contributed by atoms with van der Waals surface area (Å²) in [6.07, 6.45) is 1.60. The minimum atomic E-state index is -0.542. The van der Waals surface area contributed by atoms with Crippen LogP contribution in [0.2, 0.25) is 0 Å². The van der Waals surface area contributed by atoms with Gasteiger partial charge in [-0.05, 0) is 6.07 Å². The van der Waals surface area contributed by atoms with Crippen LogP contribution in [-0.4, -0.2) is 19.7 Å². The van der Waals surface area contributed by atoms with Crippen molar-refractivity contribution in [1.82, 2.24) is 19.7 Å². The maximum absolute atomic E-state index is 11.5. The van der Waals surface area contributed by atoms with E-state index in [9.17, 15) is 9.59 Å². The van der Waals surface area contributed by atoms with Crippen molar-refractivity contribution in [3.05, 3.63) is 38.8 Å². The first kappa shape index (κ1) is 11.0. The predicted molar refractivity (Wildman–Crippen MR) is 62.6 cm³/mol. The van der Waals surface area contributed by atoms with Crippen molar-refractivity contribution in [2.45, 2.75) is 6.54 Å². The van der Waals surface area contributed by atoms with Crippen molar-refractivity contribution in [2.75, 3.05) is 11.1 Å². The maximum atomic E-state index is 11.5. The van der Waals surface area contributed by atoms with Crippen LogP contribution in [0.15, 0.2) is 21.9 Å². The fourth-order valence-corrected chi connectivity index (χ4v) is 1.37. The Morgan fingerprint density at radius 1 is 1.53 bits per heavy atom. The lowest BCUT2D eigenvalue weighted by Gasteiger charge is -2.09. The Kier molecular flexibility index (Phi) is 2.69. The Hall–Kier alpha value is -2.51. The first-order valence-corrected chi connectivity index (χ1v) is 4.90. The first-order chi connectivity index (χ1) is 8.09. The monoisotopic (exact) mass is 236 g/mol. The van der Waals surface area contributed by atoms with E-state index in [1.54, 1.807) is 12.3 Å². The third kappa shape index (κ3) is 2.05. The number of aromatic amines is 2. The molecule has 17 heavy (non-hydrogen) atoms. The van der Waals surface area contributed by atoms with Crippen molar-refractivity contribution >= 4 is 11.5 Å². The zero-order valence-corrected chi connectivity index (χ0v) is 9.15. The molecule has 2 rings (SSSR count). The Morgan fingerprint density at radius 3 is 2.94 bits per heavy atom. The Labute approximate surface area is 95.5 Å². The number of hydrogen-bond donors (Lipinski definition) is 4. The van der Waals surface area contributed by atoms with Crippen LogP contribution in [-0.2, 0) is 13.6 Å². The summed E-state index contributed by atoms with van der Waals surface area (Å²) in [4.78, 5) is 24.9. The molecule has 2 aromatic rings. The van der Waals surface area contributed by atoms with E-state index in [1.165, 1.54) is 7.05 Å². The van der Waals surface area contributed by atoms with Gasteiger partial charge in [-0.1, -0.05) is 0 Å². The van der Waals surface area contributed by atoms with Crippen LogP contribution in [0.4, 0.5) is 11.5 Å². The molecule has 2 aromatic heterocycles. The Bertz CT molecular complexity index is 624. The third-order valence-electron chi connectivity index (χ3n) is 2.38. The van der Waals surface area contributed by atoms with E-state index in [-0.39, 0.29) is 11.5 Å². The van der Waals surface area contributed by atoms with Gasteiger partial charge in [-0.3, -0.25) is 19.4 Å². The van der Waals surface area contributed by atoms with Crippen LogP contribution >= 0.6 is 0 Å². The van der Waals surface area contributed by atoms with E-state index in [4.69, 9.17) is 5.73 Å². The van der Waals surface area contributed by atoms with Crippen molar-refractivity contribution in [1.29, 1.82) is 0 Å². The molecule has 0 radical (unpaired) electrons. The molecule has 0 aliphatic carbocycles. The van der Waals surface area contributed by atoms with Crippen LogP contribution in [0.3, 0.4) is 0 Å². The second-order valence-corrected chi connectivity index (χ2v) is 3.51. The van der Waals surface area contributed by atoms with Gasteiger partial charge in [-0.15, -0.1) is 0 Å². The van der Waals surface area contributed by atoms with E-state index in [0.29, 0.717) is 6.54 Å². The van der Waals surface area contributed by atoms with Gasteiger partial charge in [0.15, 0.2) is 0 Å². The number of hydrogen-bond acceptors (Lipinski definition) is 5. The molecule has 0 aliphatic heterocycles. The molecule has 2 heterocycles. The lowest BCUT2D eigenvalue weighted by atomic mass is 10.4. The highest BCUT2D eigenvalue weighted by Gasteiger charge is 2.09. The zero-order chi connectivity index (χ0) is 12.4. The molecule has 0 saturated heterocycles. The van der Waals surface area contributed by atoms with Crippen molar-refractivity contribution in [3.63, 3.8) is 0 Å². The summed E-state index contributed by atoms with van der Waals surface area (Å²) in [5.74, 6) is 0.0956. The molecule has 0 bridgehead atoms. The van der Waals surface area contributed by atoms with Gasteiger partial charge < -0.3 is 11.1 Å². The van der Waals surface area contributed by atoms with Crippen molar-refractivity contribution < 1.29 is 0 Å². The smallest absolute Gasteiger partial charge is 0.329 e. The van der Waals surface area contributed by atoms with Gasteiger partial charge in [0.05, 0.1) is 12.2 Å². The van der Waals surface area contributed by atoms with E-state index < -0.39 is 11.2 Å². The third-order valence-corrected chi connectivity index (χ3v) is 2.38. The normalized spacial score (nSPS) is 10.4. The van der Waals surface area contributed by atoms with E-state index in [1.807, 2.05) is 0 Å². The number of rotatable bonds is 3. The van der Waals surface area contributed by atoms with Crippen LogP contribution in [0, 0.1) is 0 Å². The highest BCUT2D eigenvalue weighted by molar-refractivity contribution is 5.60. The molecular formula is C9H12N6O2. The number of aromatic nitrogens is 4. The summed E-state index contributed by atoms with van der Waals surface area (Å²) in [7, 11) is 1.48. The lowest BCUT2D eigenvalue weighted by molar-refractivity contribution is 0.811. The number of nitrogens with two attached hydrogens (primary N) is 1. The van der Waals surface area contributed by atoms with Gasteiger partial charge in [-0.25, -0.2) is 4.79 Å². The number of anilines is 2. The zero-order valence-electron chi connectivity index (χ0n) is 9.15. The van der Waals surface area contributed by atoms with Crippen molar-refractivity contribution in [2.24, 2.45) is 7.05 Å². The van der Waals surface area contributed by atoms with Crippen LogP contribution in [0.25, 0.3) is 0 Å². The molecule has 5 N–H and O–H groups in total. The molecule has 0 aromatic carbocycles. The van der Waals surface area contributed by atoms with Gasteiger partial charge in [-0.2, -0.15) is 5.10 Å². The average Bonchev–Trinajstić information content (AvgIpc) is 2.79. The molecule has 0 fully saturated rings. The molecule has 0 unspecified atom stereocenters. The highest BCUT2D eigenvalue weighted by Crippen LogP contribution is 2.09. The Morgan fingerprint density at radius 2 is 2.29 bits per heavy atom. The summed E-state index contributed by atoms with van der Waals surface area (Å²) in [5.41, 5.74) is 5.57. The van der Waals surface area contributed by atoms with E-state index >= 15 is 0 Å². The SMILES string of the molecule is Cn1c(N)c(NCc2ccn[nH]2)c(=O)[nH]c1=O. The molecule has 8 heteroatoms. The number of nitrogens with one attached hydrogen (secondary N) is 3. The van der Waals surface area contributed by atoms with Gasteiger partial charge >= 0.3 is 5.69 Å². The summed E-state index contributed by atoms with van der Waals surface area (Å²) >= 11 is 0. The summed E-state index contributed by atoms with van der Waals surface area (Å²) in [5, 5.41) is 9.36. The van der Waals surface area contributed by atoms with Crippen LogP contribution < -0.4 is 22.3 Å². The van der Waals surface area contributed by atoms with Gasteiger partial charge in [0.1, 0.15) is 11.5 Å². The van der Waals surface area contributed by atoms with Crippen LogP contribution in [0.5, 0.6) is 0 Å². The first-order valence-electron chi connectivity index (χ1n) is 4.90.